The topological polar surface area (TPSA) is 0 Å². The SMILES string of the molecule is CCC1CC2(C1)CC(C1CCC(c3cc(F)c(F)c(F)c3)CC1)C2. The van der Waals surface area contributed by atoms with E-state index in [0.717, 1.165) is 43.4 Å². The van der Waals surface area contributed by atoms with Crippen molar-refractivity contribution in [1.82, 2.24) is 0 Å². The van der Waals surface area contributed by atoms with E-state index >= 15 is 0 Å². The van der Waals surface area contributed by atoms with Gasteiger partial charge in [-0.15, -0.1) is 0 Å². The second-order valence-electron chi connectivity index (χ2n) is 8.76. The molecule has 3 aliphatic carbocycles. The molecule has 0 atom stereocenters. The Hall–Kier alpha value is -0.990. The summed E-state index contributed by atoms with van der Waals surface area (Å²) in [6.45, 7) is 2.30. The van der Waals surface area contributed by atoms with Crippen LogP contribution in [0.15, 0.2) is 12.1 Å². The third kappa shape index (κ3) is 2.78. The molecule has 0 N–H and O–H groups in total. The van der Waals surface area contributed by atoms with E-state index in [1.165, 1.54) is 44.2 Å². The van der Waals surface area contributed by atoms with Gasteiger partial charge in [0.05, 0.1) is 0 Å². The number of halogens is 3. The summed E-state index contributed by atoms with van der Waals surface area (Å²) in [5.74, 6) is -0.615. The molecule has 1 aromatic rings. The van der Waals surface area contributed by atoms with Gasteiger partial charge in [0.25, 0.3) is 0 Å². The van der Waals surface area contributed by atoms with Crippen LogP contribution in [0.1, 0.15) is 76.2 Å². The minimum absolute atomic E-state index is 0.188. The minimum atomic E-state index is -1.35. The molecular weight excluding hydrogens is 309 g/mol. The molecule has 3 saturated carbocycles. The molecule has 4 rings (SSSR count). The first kappa shape index (κ1) is 16.5. The lowest BCUT2D eigenvalue weighted by Crippen LogP contribution is -2.49. The van der Waals surface area contributed by atoms with Crippen LogP contribution >= 0.6 is 0 Å². The van der Waals surface area contributed by atoms with E-state index in [1.54, 1.807) is 0 Å². The van der Waals surface area contributed by atoms with Crippen LogP contribution in [-0.4, -0.2) is 0 Å². The standard InChI is InChI=1S/C21H27F3/c1-2-13-9-21(10-13)11-17(12-21)15-5-3-14(4-6-15)16-7-18(22)20(24)19(23)8-16/h7-8,13-15,17H,2-6,9-12H2,1H3. The number of rotatable bonds is 3. The van der Waals surface area contributed by atoms with Gasteiger partial charge in [0.2, 0.25) is 0 Å². The maximum absolute atomic E-state index is 13.4. The summed E-state index contributed by atoms with van der Waals surface area (Å²) in [6.07, 6.45) is 11.3. The molecule has 0 amide bonds. The summed E-state index contributed by atoms with van der Waals surface area (Å²) < 4.78 is 40.0. The van der Waals surface area contributed by atoms with Crippen LogP contribution < -0.4 is 0 Å². The molecule has 1 spiro atoms. The van der Waals surface area contributed by atoms with Crippen LogP contribution in [0, 0.1) is 40.6 Å². The zero-order valence-corrected chi connectivity index (χ0v) is 14.5. The second-order valence-corrected chi connectivity index (χ2v) is 8.76. The van der Waals surface area contributed by atoms with E-state index in [1.807, 2.05) is 0 Å². The largest absolute Gasteiger partial charge is 0.204 e. The molecule has 0 heterocycles. The van der Waals surface area contributed by atoms with Gasteiger partial charge in [-0.1, -0.05) is 13.3 Å². The Labute approximate surface area is 142 Å². The van der Waals surface area contributed by atoms with Gasteiger partial charge in [0, 0.05) is 0 Å². The fraction of sp³-hybridized carbons (Fsp3) is 0.714. The van der Waals surface area contributed by atoms with Gasteiger partial charge in [-0.25, -0.2) is 13.2 Å². The minimum Gasteiger partial charge on any atom is -0.204 e. The van der Waals surface area contributed by atoms with Gasteiger partial charge in [0.15, 0.2) is 17.5 Å². The smallest absolute Gasteiger partial charge is 0.194 e. The maximum atomic E-state index is 13.4. The van der Waals surface area contributed by atoms with E-state index in [-0.39, 0.29) is 5.92 Å². The van der Waals surface area contributed by atoms with Crippen molar-refractivity contribution in [3.05, 3.63) is 35.1 Å². The summed E-state index contributed by atoms with van der Waals surface area (Å²) in [7, 11) is 0. The first-order valence-electron chi connectivity index (χ1n) is 9.64. The lowest BCUT2D eigenvalue weighted by Gasteiger charge is -2.60. The van der Waals surface area contributed by atoms with E-state index < -0.39 is 17.5 Å². The zero-order valence-electron chi connectivity index (χ0n) is 14.5. The molecule has 0 bridgehead atoms. The van der Waals surface area contributed by atoms with Crippen molar-refractivity contribution in [2.75, 3.05) is 0 Å². The van der Waals surface area contributed by atoms with Gasteiger partial charge >= 0.3 is 0 Å². The van der Waals surface area contributed by atoms with Gasteiger partial charge < -0.3 is 0 Å². The Morgan fingerprint density at radius 1 is 0.875 bits per heavy atom. The first-order chi connectivity index (χ1) is 11.5. The third-order valence-corrected chi connectivity index (χ3v) is 7.33. The summed E-state index contributed by atoms with van der Waals surface area (Å²) in [5.41, 5.74) is 1.34. The summed E-state index contributed by atoms with van der Waals surface area (Å²) in [5, 5.41) is 0. The van der Waals surface area contributed by atoms with Gasteiger partial charge in [-0.3, -0.25) is 0 Å². The highest BCUT2D eigenvalue weighted by molar-refractivity contribution is 5.23. The average Bonchev–Trinajstić information content (AvgIpc) is 2.50. The van der Waals surface area contributed by atoms with Crippen molar-refractivity contribution in [2.45, 2.75) is 70.6 Å². The zero-order chi connectivity index (χ0) is 16.9. The fourth-order valence-corrected chi connectivity index (χ4v) is 5.91. The third-order valence-electron chi connectivity index (χ3n) is 7.33. The monoisotopic (exact) mass is 336 g/mol. The van der Waals surface area contributed by atoms with E-state index in [0.29, 0.717) is 11.0 Å². The van der Waals surface area contributed by atoms with Gasteiger partial charge in [-0.2, -0.15) is 0 Å². The highest BCUT2D eigenvalue weighted by Crippen LogP contribution is 2.64. The molecule has 0 aromatic heterocycles. The van der Waals surface area contributed by atoms with E-state index in [2.05, 4.69) is 6.92 Å². The van der Waals surface area contributed by atoms with Crippen LogP contribution in [0.3, 0.4) is 0 Å². The second kappa shape index (κ2) is 6.07. The molecule has 0 radical (unpaired) electrons. The molecule has 24 heavy (non-hydrogen) atoms. The maximum Gasteiger partial charge on any atom is 0.194 e. The van der Waals surface area contributed by atoms with Crippen molar-refractivity contribution in [2.24, 2.45) is 23.2 Å². The molecule has 1 aromatic carbocycles. The van der Waals surface area contributed by atoms with Crippen molar-refractivity contribution < 1.29 is 13.2 Å². The van der Waals surface area contributed by atoms with Crippen LogP contribution in [0.2, 0.25) is 0 Å². The van der Waals surface area contributed by atoms with Crippen molar-refractivity contribution in [3.8, 4) is 0 Å². The number of hydrogen-bond donors (Lipinski definition) is 0. The molecule has 132 valence electrons. The Morgan fingerprint density at radius 2 is 1.46 bits per heavy atom. The molecule has 0 aliphatic heterocycles. The normalized spacial score (nSPS) is 38.7. The Bertz CT molecular complexity index is 579. The summed E-state index contributed by atoms with van der Waals surface area (Å²) in [4.78, 5) is 0. The number of hydrogen-bond acceptors (Lipinski definition) is 0. The van der Waals surface area contributed by atoms with Gasteiger partial charge in [0.1, 0.15) is 0 Å². The van der Waals surface area contributed by atoms with Crippen LogP contribution in [0.5, 0.6) is 0 Å². The molecule has 0 nitrogen and oxygen atoms in total. The molecule has 3 fully saturated rings. The van der Waals surface area contributed by atoms with Gasteiger partial charge in [-0.05, 0) is 98.1 Å². The molecule has 0 saturated heterocycles. The van der Waals surface area contributed by atoms with Crippen LogP contribution in [0.4, 0.5) is 13.2 Å². The number of benzene rings is 1. The Kier molecular flexibility index (Phi) is 4.17. The van der Waals surface area contributed by atoms with Crippen molar-refractivity contribution in [1.29, 1.82) is 0 Å². The Balaban J connectivity index is 1.30. The Morgan fingerprint density at radius 3 is 2.00 bits per heavy atom. The molecule has 0 unspecified atom stereocenters. The average molecular weight is 336 g/mol. The predicted molar refractivity (Wildman–Crippen MR) is 89.2 cm³/mol. The first-order valence-corrected chi connectivity index (χ1v) is 9.64. The highest BCUT2D eigenvalue weighted by Gasteiger charge is 2.53. The summed E-state index contributed by atoms with van der Waals surface area (Å²) >= 11 is 0. The molecule has 3 aliphatic rings. The van der Waals surface area contributed by atoms with Crippen LogP contribution in [0.25, 0.3) is 0 Å². The van der Waals surface area contributed by atoms with Crippen molar-refractivity contribution >= 4 is 0 Å². The van der Waals surface area contributed by atoms with E-state index in [4.69, 9.17) is 0 Å². The lowest BCUT2D eigenvalue weighted by molar-refractivity contribution is -0.0932. The van der Waals surface area contributed by atoms with Crippen LogP contribution in [-0.2, 0) is 0 Å². The predicted octanol–water partition coefficient (Wildman–Crippen LogP) is 6.59. The highest BCUT2D eigenvalue weighted by atomic mass is 19.2. The van der Waals surface area contributed by atoms with Crippen molar-refractivity contribution in [3.63, 3.8) is 0 Å². The fourth-order valence-electron chi connectivity index (χ4n) is 5.91. The van der Waals surface area contributed by atoms with E-state index in [9.17, 15) is 13.2 Å². The lowest BCUT2D eigenvalue weighted by atomic mass is 9.45. The molecular formula is C21H27F3. The molecule has 3 heteroatoms. The summed E-state index contributed by atoms with van der Waals surface area (Å²) in [6, 6.07) is 2.39. The quantitative estimate of drug-likeness (QED) is 0.546.